The van der Waals surface area contributed by atoms with Gasteiger partial charge in [-0.1, -0.05) is 6.92 Å². The van der Waals surface area contributed by atoms with E-state index < -0.39 is 0 Å². The van der Waals surface area contributed by atoms with Gasteiger partial charge in [-0.3, -0.25) is 4.39 Å². The Morgan fingerprint density at radius 3 is 2.70 bits per heavy atom. The van der Waals surface area contributed by atoms with E-state index in [4.69, 9.17) is 4.42 Å². The standard InChI is InChI=1S/C8H11FO/c1-6(5-9)8-4-3-7(2)10-8/h3-4,6H,5H2,1-2H3. The first kappa shape index (κ1) is 7.32. The SMILES string of the molecule is Cc1ccc(C(C)CF)o1. The second-order valence-corrected chi connectivity index (χ2v) is 2.50. The van der Waals surface area contributed by atoms with E-state index in [9.17, 15) is 4.39 Å². The zero-order valence-corrected chi connectivity index (χ0v) is 6.23. The van der Waals surface area contributed by atoms with Crippen molar-refractivity contribution >= 4 is 0 Å². The smallest absolute Gasteiger partial charge is 0.109 e. The highest BCUT2D eigenvalue weighted by Gasteiger charge is 2.07. The largest absolute Gasteiger partial charge is 0.466 e. The van der Waals surface area contributed by atoms with Crippen molar-refractivity contribution in [2.75, 3.05) is 6.67 Å². The van der Waals surface area contributed by atoms with Gasteiger partial charge in [0.2, 0.25) is 0 Å². The molecular formula is C8H11FO. The quantitative estimate of drug-likeness (QED) is 0.618. The van der Waals surface area contributed by atoms with Gasteiger partial charge in [-0.15, -0.1) is 0 Å². The van der Waals surface area contributed by atoms with E-state index in [1.54, 1.807) is 6.92 Å². The average Bonchev–Trinajstić information content (AvgIpc) is 2.34. The molecule has 0 radical (unpaired) electrons. The fourth-order valence-electron chi connectivity index (χ4n) is 0.794. The van der Waals surface area contributed by atoms with Gasteiger partial charge in [-0.25, -0.2) is 0 Å². The van der Waals surface area contributed by atoms with Crippen LogP contribution in [-0.4, -0.2) is 6.67 Å². The maximum absolute atomic E-state index is 12.0. The Morgan fingerprint density at radius 2 is 2.30 bits per heavy atom. The Morgan fingerprint density at radius 1 is 1.60 bits per heavy atom. The average molecular weight is 142 g/mol. The molecule has 0 amide bonds. The number of hydrogen-bond donors (Lipinski definition) is 0. The van der Waals surface area contributed by atoms with Gasteiger partial charge >= 0.3 is 0 Å². The zero-order valence-electron chi connectivity index (χ0n) is 6.23. The summed E-state index contributed by atoms with van der Waals surface area (Å²) < 4.78 is 17.2. The third kappa shape index (κ3) is 1.38. The van der Waals surface area contributed by atoms with E-state index in [2.05, 4.69) is 0 Å². The summed E-state index contributed by atoms with van der Waals surface area (Å²) in [7, 11) is 0. The first-order valence-electron chi connectivity index (χ1n) is 3.36. The predicted octanol–water partition coefficient (Wildman–Crippen LogP) is 2.66. The molecule has 1 aromatic heterocycles. The van der Waals surface area contributed by atoms with E-state index in [1.807, 2.05) is 19.1 Å². The van der Waals surface area contributed by atoms with Crippen LogP contribution in [0.15, 0.2) is 16.5 Å². The van der Waals surface area contributed by atoms with Crippen molar-refractivity contribution in [2.24, 2.45) is 0 Å². The van der Waals surface area contributed by atoms with Crippen LogP contribution in [0, 0.1) is 6.92 Å². The molecule has 56 valence electrons. The summed E-state index contributed by atoms with van der Waals surface area (Å²) in [6, 6.07) is 3.67. The van der Waals surface area contributed by atoms with Crippen LogP contribution in [0.3, 0.4) is 0 Å². The van der Waals surface area contributed by atoms with Crippen LogP contribution in [0.1, 0.15) is 24.4 Å². The Kier molecular flexibility index (Phi) is 2.10. The zero-order chi connectivity index (χ0) is 7.56. The van der Waals surface area contributed by atoms with Gasteiger partial charge in [0.15, 0.2) is 0 Å². The normalized spacial score (nSPS) is 13.5. The van der Waals surface area contributed by atoms with Crippen LogP contribution in [-0.2, 0) is 0 Å². The van der Waals surface area contributed by atoms with E-state index in [1.165, 1.54) is 0 Å². The molecule has 0 spiro atoms. The summed E-state index contributed by atoms with van der Waals surface area (Å²) in [4.78, 5) is 0. The molecule has 0 aliphatic heterocycles. The molecule has 2 heteroatoms. The molecule has 1 unspecified atom stereocenters. The van der Waals surface area contributed by atoms with Gasteiger partial charge in [0.05, 0.1) is 6.67 Å². The number of halogens is 1. The van der Waals surface area contributed by atoms with Crippen molar-refractivity contribution in [3.63, 3.8) is 0 Å². The lowest BCUT2D eigenvalue weighted by Gasteiger charge is -1.99. The molecule has 0 bridgehead atoms. The van der Waals surface area contributed by atoms with Crippen molar-refractivity contribution in [1.82, 2.24) is 0 Å². The monoisotopic (exact) mass is 142 g/mol. The summed E-state index contributed by atoms with van der Waals surface area (Å²) in [6.45, 7) is 3.31. The molecule has 1 nitrogen and oxygen atoms in total. The van der Waals surface area contributed by atoms with Crippen LogP contribution in [0.25, 0.3) is 0 Å². The molecule has 0 saturated heterocycles. The van der Waals surface area contributed by atoms with E-state index in [0.29, 0.717) is 0 Å². The molecule has 0 saturated carbocycles. The summed E-state index contributed by atoms with van der Waals surface area (Å²) >= 11 is 0. The van der Waals surface area contributed by atoms with Crippen molar-refractivity contribution in [3.05, 3.63) is 23.7 Å². The highest BCUT2D eigenvalue weighted by Crippen LogP contribution is 2.17. The maximum Gasteiger partial charge on any atom is 0.109 e. The number of aryl methyl sites for hydroxylation is 1. The van der Waals surface area contributed by atoms with E-state index in [-0.39, 0.29) is 12.6 Å². The van der Waals surface area contributed by atoms with E-state index >= 15 is 0 Å². The van der Waals surface area contributed by atoms with Gasteiger partial charge in [-0.2, -0.15) is 0 Å². The maximum atomic E-state index is 12.0. The minimum atomic E-state index is -0.354. The number of furan rings is 1. The molecule has 10 heavy (non-hydrogen) atoms. The summed E-state index contributed by atoms with van der Waals surface area (Å²) in [6.07, 6.45) is 0. The highest BCUT2D eigenvalue weighted by atomic mass is 19.1. The fourth-order valence-corrected chi connectivity index (χ4v) is 0.794. The second-order valence-electron chi connectivity index (χ2n) is 2.50. The highest BCUT2D eigenvalue weighted by molar-refractivity contribution is 5.09. The molecule has 0 aliphatic carbocycles. The van der Waals surface area contributed by atoms with Gasteiger partial charge in [-0.05, 0) is 19.1 Å². The number of rotatable bonds is 2. The van der Waals surface area contributed by atoms with Gasteiger partial charge in [0.25, 0.3) is 0 Å². The van der Waals surface area contributed by atoms with Gasteiger partial charge < -0.3 is 4.42 Å². The summed E-state index contributed by atoms with van der Waals surface area (Å²) in [5.41, 5.74) is 0. The van der Waals surface area contributed by atoms with Crippen molar-refractivity contribution in [1.29, 1.82) is 0 Å². The molecule has 0 aliphatic rings. The lowest BCUT2D eigenvalue weighted by molar-refractivity contribution is 0.383. The molecule has 0 fully saturated rings. The Labute approximate surface area is 59.9 Å². The van der Waals surface area contributed by atoms with Gasteiger partial charge in [0, 0.05) is 5.92 Å². The fraction of sp³-hybridized carbons (Fsp3) is 0.500. The molecule has 0 N–H and O–H groups in total. The van der Waals surface area contributed by atoms with Crippen LogP contribution < -0.4 is 0 Å². The first-order valence-corrected chi connectivity index (χ1v) is 3.36. The van der Waals surface area contributed by atoms with Crippen LogP contribution in [0.2, 0.25) is 0 Å². The third-order valence-corrected chi connectivity index (χ3v) is 1.48. The third-order valence-electron chi connectivity index (χ3n) is 1.48. The topological polar surface area (TPSA) is 13.1 Å². The number of hydrogen-bond acceptors (Lipinski definition) is 1. The minimum Gasteiger partial charge on any atom is -0.466 e. The molecule has 1 rings (SSSR count). The van der Waals surface area contributed by atoms with Crippen LogP contribution in [0.5, 0.6) is 0 Å². The van der Waals surface area contributed by atoms with Crippen LogP contribution in [0.4, 0.5) is 4.39 Å². The predicted molar refractivity (Wildman–Crippen MR) is 37.8 cm³/mol. The lowest BCUT2D eigenvalue weighted by Crippen LogP contribution is -1.91. The molecule has 0 aromatic carbocycles. The van der Waals surface area contributed by atoms with Crippen molar-refractivity contribution < 1.29 is 8.81 Å². The van der Waals surface area contributed by atoms with Crippen molar-refractivity contribution in [2.45, 2.75) is 19.8 Å². The Bertz CT molecular complexity index is 205. The molecule has 1 aromatic rings. The lowest BCUT2D eigenvalue weighted by atomic mass is 10.1. The second kappa shape index (κ2) is 2.86. The molecular weight excluding hydrogens is 131 g/mol. The summed E-state index contributed by atoms with van der Waals surface area (Å²) in [5.74, 6) is 1.48. The minimum absolute atomic E-state index is 0.103. The van der Waals surface area contributed by atoms with Gasteiger partial charge in [0.1, 0.15) is 11.5 Å². The molecule has 1 heterocycles. The Hall–Kier alpha value is -0.790. The number of alkyl halides is 1. The van der Waals surface area contributed by atoms with E-state index in [0.717, 1.165) is 11.5 Å². The van der Waals surface area contributed by atoms with Crippen molar-refractivity contribution in [3.8, 4) is 0 Å². The summed E-state index contributed by atoms with van der Waals surface area (Å²) in [5, 5.41) is 0. The van der Waals surface area contributed by atoms with Crippen LogP contribution >= 0.6 is 0 Å². The first-order chi connectivity index (χ1) is 4.74. The Balaban J connectivity index is 2.74. The molecule has 1 atom stereocenters.